The molecule has 5 nitrogen and oxygen atoms in total. The molecule has 104 valence electrons. The molecule has 0 radical (unpaired) electrons. The number of benzene rings is 2. The van der Waals surface area contributed by atoms with Crippen LogP contribution in [-0.4, -0.2) is 15.4 Å². The summed E-state index contributed by atoms with van der Waals surface area (Å²) < 4.78 is 1.53. The largest absolute Gasteiger partial charge is 0.287 e. The lowest BCUT2D eigenvalue weighted by atomic mass is 10.1. The molecule has 1 heterocycles. The molecular weight excluding hydrogens is 268 g/mol. The molecule has 3 rings (SSSR count). The highest BCUT2D eigenvalue weighted by atomic mass is 16.6. The van der Waals surface area contributed by atoms with Crippen LogP contribution in [0.3, 0.4) is 0 Å². The zero-order valence-corrected chi connectivity index (χ0v) is 11.1. The minimum absolute atomic E-state index is 0.0239. The van der Waals surface area contributed by atoms with E-state index < -0.39 is 4.92 Å². The highest BCUT2D eigenvalue weighted by molar-refractivity contribution is 5.94. The Kier molecular flexibility index (Phi) is 3.23. The zero-order valence-electron chi connectivity index (χ0n) is 11.1. The number of fused-ring (bicyclic) bond motifs is 1. The lowest BCUT2D eigenvalue weighted by molar-refractivity contribution is -0.384. The fourth-order valence-electron chi connectivity index (χ4n) is 2.32. The van der Waals surface area contributed by atoms with E-state index in [2.05, 4.69) is 0 Å². The van der Waals surface area contributed by atoms with Crippen LogP contribution in [0.4, 0.5) is 5.69 Å². The van der Waals surface area contributed by atoms with Gasteiger partial charge in [-0.25, -0.2) is 0 Å². The summed E-state index contributed by atoms with van der Waals surface area (Å²) in [5, 5.41) is 11.4. The third-order valence-corrected chi connectivity index (χ3v) is 3.35. The summed E-state index contributed by atoms with van der Waals surface area (Å²) in [5.41, 5.74) is 1.64. The number of non-ortho nitro benzene ring substituents is 1. The van der Waals surface area contributed by atoms with Gasteiger partial charge in [-0.05, 0) is 17.7 Å². The number of aromatic nitrogens is 1. The van der Waals surface area contributed by atoms with Gasteiger partial charge in [-0.3, -0.25) is 19.5 Å². The average molecular weight is 280 g/mol. The first-order valence-electron chi connectivity index (χ1n) is 6.48. The van der Waals surface area contributed by atoms with Gasteiger partial charge in [0.05, 0.1) is 16.9 Å². The summed E-state index contributed by atoms with van der Waals surface area (Å²) in [6.07, 6.45) is 1.95. The van der Waals surface area contributed by atoms with Crippen LogP contribution >= 0.6 is 0 Å². The van der Waals surface area contributed by atoms with E-state index in [1.807, 2.05) is 30.3 Å². The molecule has 0 aliphatic carbocycles. The first-order valence-corrected chi connectivity index (χ1v) is 6.48. The molecule has 0 saturated carbocycles. The minimum atomic E-state index is -0.442. The van der Waals surface area contributed by atoms with Gasteiger partial charge >= 0.3 is 0 Å². The molecule has 0 bridgehead atoms. The van der Waals surface area contributed by atoms with Crippen molar-refractivity contribution in [3.05, 3.63) is 76.5 Å². The van der Waals surface area contributed by atoms with E-state index >= 15 is 0 Å². The van der Waals surface area contributed by atoms with Gasteiger partial charge in [-0.1, -0.05) is 30.3 Å². The molecule has 0 atom stereocenters. The topological polar surface area (TPSA) is 65.1 Å². The summed E-state index contributed by atoms with van der Waals surface area (Å²) >= 11 is 0. The number of nitro benzene ring substituents is 1. The summed E-state index contributed by atoms with van der Waals surface area (Å²) in [6, 6.07) is 15.7. The maximum absolute atomic E-state index is 12.3. The number of carbonyl (C=O) groups excluding carboxylic acids is 1. The molecule has 3 aromatic rings. The number of nitro groups is 1. The monoisotopic (exact) mass is 280 g/mol. The summed E-state index contributed by atoms with van der Waals surface area (Å²) in [5.74, 6) is -0.0648. The first-order chi connectivity index (χ1) is 10.1. The molecule has 0 unspecified atom stereocenters. The molecule has 0 saturated heterocycles. The summed E-state index contributed by atoms with van der Waals surface area (Å²) in [7, 11) is 0. The quantitative estimate of drug-likeness (QED) is 0.545. The lowest BCUT2D eigenvalue weighted by Crippen LogP contribution is -2.12. The van der Waals surface area contributed by atoms with Gasteiger partial charge in [0.25, 0.3) is 5.69 Å². The molecule has 0 spiro atoms. The van der Waals surface area contributed by atoms with Crippen molar-refractivity contribution in [3.8, 4) is 0 Å². The van der Waals surface area contributed by atoms with E-state index in [0.29, 0.717) is 17.3 Å². The van der Waals surface area contributed by atoms with Gasteiger partial charge < -0.3 is 0 Å². The number of carbonyl (C=O) groups is 1. The Bertz CT molecular complexity index is 822. The van der Waals surface area contributed by atoms with E-state index in [4.69, 9.17) is 0 Å². The zero-order chi connectivity index (χ0) is 14.8. The highest BCUT2D eigenvalue weighted by Gasteiger charge is 2.12. The van der Waals surface area contributed by atoms with Crippen LogP contribution in [0.5, 0.6) is 0 Å². The van der Waals surface area contributed by atoms with Crippen molar-refractivity contribution in [1.29, 1.82) is 0 Å². The fourth-order valence-corrected chi connectivity index (χ4v) is 2.32. The Balaban J connectivity index is 1.94. The van der Waals surface area contributed by atoms with E-state index in [-0.39, 0.29) is 11.6 Å². The summed E-state index contributed by atoms with van der Waals surface area (Å²) in [6.45, 7) is 0. The molecule has 0 amide bonds. The standard InChI is InChI=1S/C16H12N2O3/c19-16(10-12-4-2-1-3-5-12)17-9-8-13-11-14(18(20)21)6-7-15(13)17/h1-9,11H,10H2. The van der Waals surface area contributed by atoms with Gasteiger partial charge in [0, 0.05) is 23.7 Å². The van der Waals surface area contributed by atoms with Crippen LogP contribution < -0.4 is 0 Å². The Hall–Kier alpha value is -2.95. The van der Waals surface area contributed by atoms with Crippen molar-refractivity contribution >= 4 is 22.5 Å². The van der Waals surface area contributed by atoms with Gasteiger partial charge in [-0.15, -0.1) is 0 Å². The Morgan fingerprint density at radius 1 is 1.10 bits per heavy atom. The minimum Gasteiger partial charge on any atom is -0.287 e. The van der Waals surface area contributed by atoms with Crippen molar-refractivity contribution in [2.24, 2.45) is 0 Å². The SMILES string of the molecule is O=C(Cc1ccccc1)n1ccc2cc([N+](=O)[O-])ccc21. The predicted molar refractivity (Wildman–Crippen MR) is 79.4 cm³/mol. The second kappa shape index (κ2) is 5.20. The van der Waals surface area contributed by atoms with Gasteiger partial charge in [0.1, 0.15) is 0 Å². The van der Waals surface area contributed by atoms with Crippen LogP contribution in [0.2, 0.25) is 0 Å². The Morgan fingerprint density at radius 2 is 1.86 bits per heavy atom. The second-order valence-corrected chi connectivity index (χ2v) is 4.74. The number of hydrogen-bond acceptors (Lipinski definition) is 3. The van der Waals surface area contributed by atoms with Crippen LogP contribution in [0.15, 0.2) is 60.8 Å². The molecule has 1 aromatic heterocycles. The second-order valence-electron chi connectivity index (χ2n) is 4.74. The van der Waals surface area contributed by atoms with Crippen molar-refractivity contribution in [1.82, 2.24) is 4.57 Å². The third kappa shape index (κ3) is 2.53. The highest BCUT2D eigenvalue weighted by Crippen LogP contribution is 2.22. The van der Waals surface area contributed by atoms with E-state index in [1.54, 1.807) is 18.3 Å². The van der Waals surface area contributed by atoms with Crippen molar-refractivity contribution in [2.45, 2.75) is 6.42 Å². The van der Waals surface area contributed by atoms with Crippen molar-refractivity contribution in [3.63, 3.8) is 0 Å². The Morgan fingerprint density at radius 3 is 2.57 bits per heavy atom. The molecule has 21 heavy (non-hydrogen) atoms. The molecule has 5 heteroatoms. The van der Waals surface area contributed by atoms with E-state index in [9.17, 15) is 14.9 Å². The maximum atomic E-state index is 12.3. The fraction of sp³-hybridized carbons (Fsp3) is 0.0625. The average Bonchev–Trinajstić information content (AvgIpc) is 2.91. The normalized spacial score (nSPS) is 10.7. The first kappa shape index (κ1) is 13.1. The van der Waals surface area contributed by atoms with Crippen molar-refractivity contribution in [2.75, 3.05) is 0 Å². The van der Waals surface area contributed by atoms with Crippen molar-refractivity contribution < 1.29 is 9.72 Å². The lowest BCUT2D eigenvalue weighted by Gasteiger charge is -2.04. The maximum Gasteiger partial charge on any atom is 0.270 e. The number of hydrogen-bond donors (Lipinski definition) is 0. The van der Waals surface area contributed by atoms with Crippen LogP contribution in [-0.2, 0) is 6.42 Å². The van der Waals surface area contributed by atoms with Crippen LogP contribution in [0.1, 0.15) is 10.4 Å². The smallest absolute Gasteiger partial charge is 0.270 e. The molecule has 0 aliphatic heterocycles. The molecule has 2 aromatic carbocycles. The summed E-state index contributed by atoms with van der Waals surface area (Å²) in [4.78, 5) is 22.7. The third-order valence-electron chi connectivity index (χ3n) is 3.35. The number of rotatable bonds is 3. The molecular formula is C16H12N2O3. The number of nitrogens with zero attached hydrogens (tertiary/aromatic N) is 2. The van der Waals surface area contributed by atoms with Gasteiger partial charge in [0.15, 0.2) is 0 Å². The van der Waals surface area contributed by atoms with Gasteiger partial charge in [0.2, 0.25) is 5.91 Å². The van der Waals surface area contributed by atoms with E-state index in [1.165, 1.54) is 16.7 Å². The molecule has 0 fully saturated rings. The molecule has 0 N–H and O–H groups in total. The van der Waals surface area contributed by atoms with Crippen LogP contribution in [0.25, 0.3) is 10.9 Å². The van der Waals surface area contributed by atoms with Gasteiger partial charge in [-0.2, -0.15) is 0 Å². The predicted octanol–water partition coefficient (Wildman–Crippen LogP) is 3.43. The Labute approximate surface area is 120 Å². The molecule has 0 aliphatic rings. The van der Waals surface area contributed by atoms with Crippen LogP contribution in [0, 0.1) is 10.1 Å². The van der Waals surface area contributed by atoms with E-state index in [0.717, 1.165) is 5.56 Å².